The number of nitrogens with zero attached hydrogens (tertiary/aromatic N) is 2. The summed E-state index contributed by atoms with van der Waals surface area (Å²) in [5.74, 6) is -0.634. The van der Waals surface area contributed by atoms with Crippen molar-refractivity contribution in [3.63, 3.8) is 0 Å². The third-order valence-corrected chi connectivity index (χ3v) is 6.97. The molecular weight excluding hydrogens is 444 g/mol. The molecule has 0 aromatic heterocycles. The number of nitro benzene ring substituents is 1. The minimum absolute atomic E-state index is 0.105. The van der Waals surface area contributed by atoms with Crippen LogP contribution in [0.5, 0.6) is 0 Å². The van der Waals surface area contributed by atoms with Gasteiger partial charge in [-0.1, -0.05) is 24.3 Å². The zero-order valence-electron chi connectivity index (χ0n) is 18.9. The largest absolute Gasteiger partial charge is 0.371 e. The third kappa shape index (κ3) is 6.75. The number of nitro groups is 1. The first-order valence-electron chi connectivity index (χ1n) is 11.0. The molecule has 1 fully saturated rings. The van der Waals surface area contributed by atoms with Crippen molar-refractivity contribution in [3.05, 3.63) is 69.3 Å². The van der Waals surface area contributed by atoms with E-state index in [1.165, 1.54) is 12.1 Å². The molecule has 0 atom stereocenters. The number of non-ortho nitro benzene ring substituents is 1. The van der Waals surface area contributed by atoms with Crippen LogP contribution in [-0.4, -0.2) is 38.4 Å². The lowest BCUT2D eigenvalue weighted by molar-refractivity contribution is -0.384. The molecular formula is C23H30N4O5S. The number of benzene rings is 2. The van der Waals surface area contributed by atoms with E-state index in [1.54, 1.807) is 44.2 Å². The van der Waals surface area contributed by atoms with Gasteiger partial charge in [0.1, 0.15) is 0 Å². The molecule has 0 aliphatic carbocycles. The number of amides is 1. The van der Waals surface area contributed by atoms with E-state index < -0.39 is 20.9 Å². The Hall–Kier alpha value is -2.98. The van der Waals surface area contributed by atoms with Gasteiger partial charge in [0.25, 0.3) is 11.6 Å². The highest BCUT2D eigenvalue weighted by molar-refractivity contribution is 7.88. The molecule has 3 rings (SSSR count). The first kappa shape index (κ1) is 24.7. The average molecular weight is 475 g/mol. The Bertz CT molecular complexity index is 1110. The minimum atomic E-state index is -3.53. The number of anilines is 1. The van der Waals surface area contributed by atoms with Crippen molar-refractivity contribution >= 4 is 27.3 Å². The molecule has 0 radical (unpaired) electrons. The van der Waals surface area contributed by atoms with Gasteiger partial charge in [-0.3, -0.25) is 14.9 Å². The molecule has 1 amide bonds. The monoisotopic (exact) mass is 474 g/mol. The quantitative estimate of drug-likeness (QED) is 0.425. The predicted octanol–water partition coefficient (Wildman–Crippen LogP) is 3.34. The molecule has 0 saturated carbocycles. The maximum absolute atomic E-state index is 13.1. The SMILES string of the molecule is CC(C)NS(=O)(=O)Cc1ccccc1CNC(=O)c1cc([N+](=O)[O-])ccc1N1CCCCC1. The Labute approximate surface area is 194 Å². The van der Waals surface area contributed by atoms with Crippen LogP contribution in [0, 0.1) is 10.1 Å². The second-order valence-corrected chi connectivity index (χ2v) is 10.2. The van der Waals surface area contributed by atoms with Gasteiger partial charge in [-0.15, -0.1) is 0 Å². The Morgan fingerprint density at radius 2 is 1.76 bits per heavy atom. The van der Waals surface area contributed by atoms with Crippen LogP contribution < -0.4 is 14.9 Å². The van der Waals surface area contributed by atoms with Crippen LogP contribution >= 0.6 is 0 Å². The van der Waals surface area contributed by atoms with Gasteiger partial charge in [-0.2, -0.15) is 0 Å². The fourth-order valence-corrected chi connectivity index (χ4v) is 5.47. The normalized spacial score (nSPS) is 14.3. The number of nitrogens with one attached hydrogen (secondary N) is 2. The summed E-state index contributed by atoms with van der Waals surface area (Å²) in [5, 5.41) is 14.1. The molecule has 0 unspecified atom stereocenters. The van der Waals surface area contributed by atoms with Crippen molar-refractivity contribution in [1.82, 2.24) is 10.0 Å². The molecule has 1 aliphatic rings. The van der Waals surface area contributed by atoms with Gasteiger partial charge in [0.15, 0.2) is 0 Å². The fourth-order valence-electron chi connectivity index (χ4n) is 3.98. The fraction of sp³-hybridized carbons (Fsp3) is 0.435. The maximum Gasteiger partial charge on any atom is 0.270 e. The molecule has 2 aromatic rings. The average Bonchev–Trinajstić information content (AvgIpc) is 2.77. The number of hydrogen-bond acceptors (Lipinski definition) is 6. The van der Waals surface area contributed by atoms with Crippen LogP contribution in [0.2, 0.25) is 0 Å². The Morgan fingerprint density at radius 1 is 1.09 bits per heavy atom. The number of carbonyl (C=O) groups excluding carboxylic acids is 1. The molecule has 1 heterocycles. The molecule has 2 N–H and O–H groups in total. The van der Waals surface area contributed by atoms with Gasteiger partial charge in [-0.25, -0.2) is 13.1 Å². The van der Waals surface area contributed by atoms with E-state index in [-0.39, 0.29) is 29.6 Å². The molecule has 33 heavy (non-hydrogen) atoms. The van der Waals surface area contributed by atoms with Crippen molar-refractivity contribution in [2.75, 3.05) is 18.0 Å². The maximum atomic E-state index is 13.1. The van der Waals surface area contributed by atoms with E-state index >= 15 is 0 Å². The molecule has 2 aromatic carbocycles. The highest BCUT2D eigenvalue weighted by Gasteiger charge is 2.22. The van der Waals surface area contributed by atoms with Crippen LogP contribution in [0.4, 0.5) is 11.4 Å². The number of carbonyl (C=O) groups is 1. The lowest BCUT2D eigenvalue weighted by atomic mass is 10.1. The molecule has 1 aliphatic heterocycles. The van der Waals surface area contributed by atoms with Crippen molar-refractivity contribution < 1.29 is 18.1 Å². The molecule has 0 bridgehead atoms. The van der Waals surface area contributed by atoms with Gasteiger partial charge in [0.2, 0.25) is 10.0 Å². The summed E-state index contributed by atoms with van der Waals surface area (Å²) in [5.41, 5.74) is 2.03. The highest BCUT2D eigenvalue weighted by Crippen LogP contribution is 2.28. The van der Waals surface area contributed by atoms with Crippen LogP contribution in [0.3, 0.4) is 0 Å². The summed E-state index contributed by atoms with van der Waals surface area (Å²) in [7, 11) is -3.53. The van der Waals surface area contributed by atoms with Crippen molar-refractivity contribution in [2.24, 2.45) is 0 Å². The van der Waals surface area contributed by atoms with Gasteiger partial charge in [-0.05, 0) is 50.3 Å². The van der Waals surface area contributed by atoms with Crippen molar-refractivity contribution in [1.29, 1.82) is 0 Å². The van der Waals surface area contributed by atoms with Crippen molar-refractivity contribution in [2.45, 2.75) is 51.4 Å². The van der Waals surface area contributed by atoms with Gasteiger partial charge >= 0.3 is 0 Å². The topological polar surface area (TPSA) is 122 Å². The molecule has 10 heteroatoms. The van der Waals surface area contributed by atoms with E-state index in [2.05, 4.69) is 14.9 Å². The van der Waals surface area contributed by atoms with Gasteiger partial charge in [0, 0.05) is 37.8 Å². The van der Waals surface area contributed by atoms with Gasteiger partial charge < -0.3 is 10.2 Å². The van der Waals surface area contributed by atoms with Crippen molar-refractivity contribution in [3.8, 4) is 0 Å². The molecule has 9 nitrogen and oxygen atoms in total. The van der Waals surface area contributed by atoms with Crippen LogP contribution in [0.15, 0.2) is 42.5 Å². The summed E-state index contributed by atoms with van der Waals surface area (Å²) >= 11 is 0. The van der Waals surface area contributed by atoms with E-state index in [9.17, 15) is 23.3 Å². The number of sulfonamides is 1. The smallest absolute Gasteiger partial charge is 0.270 e. The number of rotatable bonds is 9. The Balaban J connectivity index is 1.81. The minimum Gasteiger partial charge on any atom is -0.371 e. The zero-order valence-corrected chi connectivity index (χ0v) is 19.7. The molecule has 1 saturated heterocycles. The molecule has 178 valence electrons. The standard InChI is InChI=1S/C23H30N4O5S/c1-17(2)25-33(31,32)16-19-9-5-4-8-18(19)15-24-23(28)21-14-20(27(29)30)10-11-22(21)26-12-6-3-7-13-26/h4-5,8-11,14,17,25H,3,6-7,12-13,15-16H2,1-2H3,(H,24,28). The lowest BCUT2D eigenvalue weighted by Gasteiger charge is -2.30. The third-order valence-electron chi connectivity index (χ3n) is 5.45. The highest BCUT2D eigenvalue weighted by atomic mass is 32.2. The van der Waals surface area contributed by atoms with Crippen LogP contribution in [0.25, 0.3) is 0 Å². The van der Waals surface area contributed by atoms with Crippen LogP contribution in [0.1, 0.15) is 54.6 Å². The summed E-state index contributed by atoms with van der Waals surface area (Å²) in [6, 6.07) is 11.2. The van der Waals surface area contributed by atoms with E-state index in [0.717, 1.165) is 32.4 Å². The number of hydrogen-bond donors (Lipinski definition) is 2. The van der Waals surface area contributed by atoms with Gasteiger partial charge in [0.05, 0.1) is 21.9 Å². The Kier molecular flexibility index (Phi) is 8.04. The zero-order chi connectivity index (χ0) is 24.0. The first-order chi connectivity index (χ1) is 15.7. The number of piperidine rings is 1. The lowest BCUT2D eigenvalue weighted by Crippen LogP contribution is -2.33. The first-order valence-corrected chi connectivity index (χ1v) is 12.7. The Morgan fingerprint density at radius 3 is 2.39 bits per heavy atom. The van der Waals surface area contributed by atoms with E-state index in [0.29, 0.717) is 16.8 Å². The molecule has 0 spiro atoms. The summed E-state index contributed by atoms with van der Waals surface area (Å²) in [6.45, 7) is 5.20. The summed E-state index contributed by atoms with van der Waals surface area (Å²) < 4.78 is 27.3. The second-order valence-electron chi connectivity index (χ2n) is 8.49. The van der Waals surface area contributed by atoms with E-state index in [4.69, 9.17) is 0 Å². The van der Waals surface area contributed by atoms with Crippen LogP contribution in [-0.2, 0) is 22.3 Å². The second kappa shape index (κ2) is 10.8. The van der Waals surface area contributed by atoms with E-state index in [1.807, 2.05) is 0 Å². The predicted molar refractivity (Wildman–Crippen MR) is 128 cm³/mol. The summed E-state index contributed by atoms with van der Waals surface area (Å²) in [6.07, 6.45) is 3.13. The summed E-state index contributed by atoms with van der Waals surface area (Å²) in [4.78, 5) is 26.0.